The van der Waals surface area contributed by atoms with Crippen molar-refractivity contribution in [2.24, 2.45) is 0 Å². The molecule has 3 heteroatoms. The number of aromatic nitrogens is 2. The highest BCUT2D eigenvalue weighted by atomic mass is 15.1. The van der Waals surface area contributed by atoms with E-state index in [0.717, 1.165) is 6.54 Å². The van der Waals surface area contributed by atoms with E-state index in [1.165, 1.54) is 24.8 Å². The minimum atomic E-state index is 0.544. The maximum Gasteiger partial charge on any atom is 0.0535 e. The van der Waals surface area contributed by atoms with Crippen LogP contribution in [0.4, 0.5) is 0 Å². The molecule has 0 unspecified atom stereocenters. The third-order valence-corrected chi connectivity index (χ3v) is 2.23. The second-order valence-electron chi connectivity index (χ2n) is 3.03. The molecule has 1 aliphatic heterocycles. The summed E-state index contributed by atoms with van der Waals surface area (Å²) in [7, 11) is 0. The molecule has 1 aliphatic rings. The zero-order valence-corrected chi connectivity index (χ0v) is 6.51. The molecule has 2 heterocycles. The van der Waals surface area contributed by atoms with Gasteiger partial charge in [-0.25, -0.2) is 0 Å². The Kier molecular flexibility index (Phi) is 1.90. The Balaban J connectivity index is 2.04. The summed E-state index contributed by atoms with van der Waals surface area (Å²) >= 11 is 0. The van der Waals surface area contributed by atoms with E-state index in [1.54, 1.807) is 0 Å². The largest absolute Gasteiger partial charge is 0.310 e. The Hall–Kier alpha value is -0.830. The van der Waals surface area contributed by atoms with E-state index in [1.807, 2.05) is 12.4 Å². The molecule has 0 spiro atoms. The Morgan fingerprint density at radius 3 is 3.09 bits per heavy atom. The Morgan fingerprint density at radius 1 is 1.45 bits per heavy atom. The molecule has 2 rings (SSSR count). The van der Waals surface area contributed by atoms with Crippen molar-refractivity contribution in [3.05, 3.63) is 18.0 Å². The summed E-state index contributed by atoms with van der Waals surface area (Å²) in [5.74, 6) is 0. The van der Waals surface area contributed by atoms with Crippen LogP contribution in [0, 0.1) is 0 Å². The van der Waals surface area contributed by atoms with E-state index in [4.69, 9.17) is 0 Å². The molecule has 1 saturated heterocycles. The summed E-state index contributed by atoms with van der Waals surface area (Å²) < 4.78 is 0. The molecule has 0 radical (unpaired) electrons. The minimum Gasteiger partial charge on any atom is -0.310 e. The summed E-state index contributed by atoms with van der Waals surface area (Å²) in [4.78, 5) is 0. The lowest BCUT2D eigenvalue weighted by atomic mass is 10.0. The van der Waals surface area contributed by atoms with E-state index >= 15 is 0 Å². The van der Waals surface area contributed by atoms with Gasteiger partial charge in [0.1, 0.15) is 0 Å². The van der Waals surface area contributed by atoms with Gasteiger partial charge in [-0.2, -0.15) is 5.10 Å². The standard InChI is InChI=1S/C8H13N3/c1-2-4-9-8(3-1)7-5-10-11-6-7/h5-6,8-9H,1-4H2,(H,10,11)/t8-/m1/s1. The van der Waals surface area contributed by atoms with Gasteiger partial charge in [0.15, 0.2) is 0 Å². The number of nitrogens with zero attached hydrogens (tertiary/aromatic N) is 1. The molecule has 1 aromatic rings. The van der Waals surface area contributed by atoms with Crippen molar-refractivity contribution in [2.45, 2.75) is 25.3 Å². The third-order valence-electron chi connectivity index (χ3n) is 2.23. The van der Waals surface area contributed by atoms with Crippen LogP contribution < -0.4 is 5.32 Å². The van der Waals surface area contributed by atoms with Gasteiger partial charge in [-0.3, -0.25) is 5.10 Å². The van der Waals surface area contributed by atoms with Crippen LogP contribution in [-0.4, -0.2) is 16.7 Å². The number of nitrogens with one attached hydrogen (secondary N) is 2. The summed E-state index contributed by atoms with van der Waals surface area (Å²) in [5, 5.41) is 10.2. The van der Waals surface area contributed by atoms with Gasteiger partial charge >= 0.3 is 0 Å². The maximum absolute atomic E-state index is 3.93. The molecule has 1 aromatic heterocycles. The fourth-order valence-corrected chi connectivity index (χ4v) is 1.59. The number of rotatable bonds is 1. The highest BCUT2D eigenvalue weighted by Crippen LogP contribution is 2.20. The van der Waals surface area contributed by atoms with Crippen LogP contribution in [0.1, 0.15) is 30.9 Å². The number of piperidine rings is 1. The van der Waals surface area contributed by atoms with Gasteiger partial charge in [0.05, 0.1) is 6.20 Å². The van der Waals surface area contributed by atoms with Crippen molar-refractivity contribution < 1.29 is 0 Å². The first-order chi connectivity index (χ1) is 5.47. The molecule has 0 bridgehead atoms. The Bertz CT molecular complexity index is 199. The van der Waals surface area contributed by atoms with Gasteiger partial charge in [-0.15, -0.1) is 0 Å². The normalized spacial score (nSPS) is 25.3. The lowest BCUT2D eigenvalue weighted by Gasteiger charge is -2.21. The maximum atomic E-state index is 3.93. The van der Waals surface area contributed by atoms with Crippen LogP contribution in [-0.2, 0) is 0 Å². The Morgan fingerprint density at radius 2 is 2.45 bits per heavy atom. The molecular weight excluding hydrogens is 138 g/mol. The van der Waals surface area contributed by atoms with E-state index < -0.39 is 0 Å². The molecule has 3 nitrogen and oxygen atoms in total. The van der Waals surface area contributed by atoms with Crippen LogP contribution in [0.2, 0.25) is 0 Å². The van der Waals surface area contributed by atoms with Gasteiger partial charge in [-0.05, 0) is 19.4 Å². The van der Waals surface area contributed by atoms with Gasteiger partial charge in [0.25, 0.3) is 0 Å². The third kappa shape index (κ3) is 1.43. The van der Waals surface area contributed by atoms with Crippen molar-refractivity contribution >= 4 is 0 Å². The fraction of sp³-hybridized carbons (Fsp3) is 0.625. The van der Waals surface area contributed by atoms with Crippen LogP contribution in [0.25, 0.3) is 0 Å². The number of hydrogen-bond acceptors (Lipinski definition) is 2. The van der Waals surface area contributed by atoms with Crippen molar-refractivity contribution in [1.29, 1.82) is 0 Å². The molecule has 0 amide bonds. The van der Waals surface area contributed by atoms with Gasteiger partial charge < -0.3 is 5.32 Å². The zero-order valence-electron chi connectivity index (χ0n) is 6.51. The molecule has 11 heavy (non-hydrogen) atoms. The second kappa shape index (κ2) is 3.05. The minimum absolute atomic E-state index is 0.544. The van der Waals surface area contributed by atoms with Crippen molar-refractivity contribution in [2.75, 3.05) is 6.54 Å². The average Bonchev–Trinajstić information content (AvgIpc) is 2.58. The first kappa shape index (κ1) is 6.85. The SMILES string of the molecule is c1n[nH]cc1[C@H]1CCCCN1. The molecule has 1 atom stereocenters. The average molecular weight is 151 g/mol. The molecule has 0 saturated carbocycles. The summed E-state index contributed by atoms with van der Waals surface area (Å²) in [6.07, 6.45) is 7.78. The first-order valence-corrected chi connectivity index (χ1v) is 4.19. The van der Waals surface area contributed by atoms with Crippen LogP contribution in [0.5, 0.6) is 0 Å². The van der Waals surface area contributed by atoms with Gasteiger partial charge in [0.2, 0.25) is 0 Å². The van der Waals surface area contributed by atoms with Crippen molar-refractivity contribution in [3.63, 3.8) is 0 Å². The monoisotopic (exact) mass is 151 g/mol. The smallest absolute Gasteiger partial charge is 0.0535 e. The van der Waals surface area contributed by atoms with Crippen molar-refractivity contribution in [1.82, 2.24) is 15.5 Å². The highest BCUT2D eigenvalue weighted by Gasteiger charge is 2.14. The molecule has 1 fully saturated rings. The summed E-state index contributed by atoms with van der Waals surface area (Å²) in [6.45, 7) is 1.15. The van der Waals surface area contributed by atoms with E-state index in [2.05, 4.69) is 15.5 Å². The van der Waals surface area contributed by atoms with Gasteiger partial charge in [0, 0.05) is 17.8 Å². The van der Waals surface area contributed by atoms with Crippen LogP contribution in [0.15, 0.2) is 12.4 Å². The first-order valence-electron chi connectivity index (χ1n) is 4.19. The topological polar surface area (TPSA) is 40.7 Å². The lowest BCUT2D eigenvalue weighted by molar-refractivity contribution is 0.412. The van der Waals surface area contributed by atoms with E-state index in [9.17, 15) is 0 Å². The molecule has 0 aromatic carbocycles. The van der Waals surface area contributed by atoms with E-state index in [0.29, 0.717) is 6.04 Å². The van der Waals surface area contributed by atoms with Gasteiger partial charge in [-0.1, -0.05) is 6.42 Å². The van der Waals surface area contributed by atoms with Crippen molar-refractivity contribution in [3.8, 4) is 0 Å². The summed E-state index contributed by atoms with van der Waals surface area (Å²) in [5.41, 5.74) is 1.30. The molecule has 2 N–H and O–H groups in total. The zero-order chi connectivity index (χ0) is 7.52. The number of hydrogen-bond donors (Lipinski definition) is 2. The summed E-state index contributed by atoms with van der Waals surface area (Å²) in [6, 6.07) is 0.544. The predicted octanol–water partition coefficient (Wildman–Crippen LogP) is 1.22. The molecule has 60 valence electrons. The van der Waals surface area contributed by atoms with Crippen LogP contribution >= 0.6 is 0 Å². The molecular formula is C8H13N3. The molecule has 0 aliphatic carbocycles. The number of aromatic amines is 1. The fourth-order valence-electron chi connectivity index (χ4n) is 1.59. The Labute approximate surface area is 66.2 Å². The van der Waals surface area contributed by atoms with Crippen LogP contribution in [0.3, 0.4) is 0 Å². The quantitative estimate of drug-likeness (QED) is 0.633. The lowest BCUT2D eigenvalue weighted by Crippen LogP contribution is -2.26. The second-order valence-corrected chi connectivity index (χ2v) is 3.03. The van der Waals surface area contributed by atoms with E-state index in [-0.39, 0.29) is 0 Å². The number of H-pyrrole nitrogens is 1. The predicted molar refractivity (Wildman–Crippen MR) is 43.2 cm³/mol. The highest BCUT2D eigenvalue weighted by molar-refractivity contribution is 5.09.